The van der Waals surface area contributed by atoms with Gasteiger partial charge in [-0.2, -0.15) is 0 Å². The van der Waals surface area contributed by atoms with Crippen LogP contribution in [0.15, 0.2) is 18.2 Å². The molecule has 0 aliphatic carbocycles. The van der Waals surface area contributed by atoms with Crippen molar-refractivity contribution in [1.29, 1.82) is 0 Å². The van der Waals surface area contributed by atoms with Gasteiger partial charge >= 0.3 is 13.2 Å². The number of carbonyl (C=O) groups is 2. The van der Waals surface area contributed by atoms with Crippen LogP contribution in [0.5, 0.6) is 5.75 Å². The number of likely N-dealkylation sites (tertiary alicyclic amines) is 1. The van der Waals surface area contributed by atoms with Gasteiger partial charge in [0.15, 0.2) is 0 Å². The largest absolute Gasteiger partial charge is 0.496 e. The highest BCUT2D eigenvalue weighted by Gasteiger charge is 2.51. The van der Waals surface area contributed by atoms with Crippen molar-refractivity contribution < 1.29 is 28.4 Å². The summed E-state index contributed by atoms with van der Waals surface area (Å²) in [4.78, 5) is 29.1. The Morgan fingerprint density at radius 1 is 1.11 bits per heavy atom. The van der Waals surface area contributed by atoms with Crippen molar-refractivity contribution >= 4 is 24.6 Å². The van der Waals surface area contributed by atoms with E-state index >= 15 is 0 Å². The lowest BCUT2D eigenvalue weighted by Crippen LogP contribution is -2.48. The average molecular weight is 488 g/mol. The van der Waals surface area contributed by atoms with E-state index in [4.69, 9.17) is 18.8 Å². The monoisotopic (exact) mass is 488 g/mol. The molecule has 2 aliphatic heterocycles. The topological polar surface area (TPSA) is 77.5 Å². The first kappa shape index (κ1) is 27.3. The number of ether oxygens (including phenoxy) is 2. The molecule has 2 saturated heterocycles. The summed E-state index contributed by atoms with van der Waals surface area (Å²) < 4.78 is 23.4. The maximum atomic E-state index is 13.2. The number of carbonyl (C=O) groups excluding carboxylic acids is 2. The van der Waals surface area contributed by atoms with Crippen LogP contribution in [0.1, 0.15) is 66.9 Å². The SMILES string of the molecule is COc1ccc(B2OC(C)(C)C(C)(C)O2)cc1CC(=O)N1CCC(N(C)C(=O)OC(C)(C)C)CC1. The van der Waals surface area contributed by atoms with Crippen LogP contribution in [0, 0.1) is 0 Å². The van der Waals surface area contributed by atoms with E-state index in [1.165, 1.54) is 0 Å². The van der Waals surface area contributed by atoms with E-state index in [1.807, 2.05) is 71.6 Å². The summed E-state index contributed by atoms with van der Waals surface area (Å²) in [6.45, 7) is 14.8. The fourth-order valence-electron chi connectivity index (χ4n) is 4.32. The van der Waals surface area contributed by atoms with Crippen molar-refractivity contribution in [3.63, 3.8) is 0 Å². The van der Waals surface area contributed by atoms with Crippen LogP contribution in [0.2, 0.25) is 0 Å². The lowest BCUT2D eigenvalue weighted by atomic mass is 9.78. The lowest BCUT2D eigenvalue weighted by Gasteiger charge is -2.37. The highest BCUT2D eigenvalue weighted by Crippen LogP contribution is 2.36. The van der Waals surface area contributed by atoms with Crippen LogP contribution in [-0.4, -0.2) is 79.0 Å². The first-order valence-corrected chi connectivity index (χ1v) is 12.4. The maximum absolute atomic E-state index is 13.2. The number of nitrogens with zero attached hydrogens (tertiary/aromatic N) is 2. The Hall–Kier alpha value is -2.26. The number of hydrogen-bond acceptors (Lipinski definition) is 6. The molecular weight excluding hydrogens is 447 g/mol. The molecule has 9 heteroatoms. The normalized spacial score (nSPS) is 20.0. The van der Waals surface area contributed by atoms with Gasteiger partial charge in [-0.1, -0.05) is 12.1 Å². The highest BCUT2D eigenvalue weighted by molar-refractivity contribution is 6.62. The molecular formula is C26H41BN2O6. The third-order valence-corrected chi connectivity index (χ3v) is 7.22. The van der Waals surface area contributed by atoms with Crippen molar-refractivity contribution in [2.75, 3.05) is 27.2 Å². The van der Waals surface area contributed by atoms with Crippen LogP contribution >= 0.6 is 0 Å². The Kier molecular flexibility index (Phi) is 7.82. The molecule has 0 saturated carbocycles. The lowest BCUT2D eigenvalue weighted by molar-refractivity contribution is -0.131. The first-order chi connectivity index (χ1) is 16.1. The second-order valence-corrected chi connectivity index (χ2v) is 11.5. The van der Waals surface area contributed by atoms with E-state index in [-0.39, 0.29) is 24.5 Å². The molecule has 0 spiro atoms. The average Bonchev–Trinajstić information content (AvgIpc) is 2.99. The fraction of sp³-hybridized carbons (Fsp3) is 0.692. The predicted octanol–water partition coefficient (Wildman–Crippen LogP) is 3.39. The number of benzene rings is 1. The summed E-state index contributed by atoms with van der Waals surface area (Å²) in [5, 5.41) is 0. The molecule has 2 heterocycles. The molecule has 3 rings (SSSR count). The van der Waals surface area contributed by atoms with E-state index in [1.54, 1.807) is 19.1 Å². The zero-order chi connectivity index (χ0) is 26.2. The Bertz CT molecular complexity index is 918. The summed E-state index contributed by atoms with van der Waals surface area (Å²) in [7, 11) is 2.87. The minimum absolute atomic E-state index is 0.0349. The summed E-state index contributed by atoms with van der Waals surface area (Å²) in [5.74, 6) is 0.700. The summed E-state index contributed by atoms with van der Waals surface area (Å²) in [5.41, 5.74) is 0.257. The third kappa shape index (κ3) is 6.30. The molecule has 0 bridgehead atoms. The van der Waals surface area contributed by atoms with Gasteiger partial charge in [0.05, 0.1) is 24.7 Å². The molecule has 194 valence electrons. The summed E-state index contributed by atoms with van der Waals surface area (Å²) >= 11 is 0. The van der Waals surface area contributed by atoms with Gasteiger partial charge in [0, 0.05) is 31.7 Å². The van der Waals surface area contributed by atoms with Crippen LogP contribution in [-0.2, 0) is 25.3 Å². The van der Waals surface area contributed by atoms with Crippen molar-refractivity contribution in [3.8, 4) is 5.75 Å². The number of hydrogen-bond donors (Lipinski definition) is 0. The zero-order valence-electron chi connectivity index (χ0n) is 22.8. The molecule has 0 unspecified atom stereocenters. The number of amides is 2. The molecule has 2 fully saturated rings. The number of piperidine rings is 1. The quantitative estimate of drug-likeness (QED) is 0.592. The third-order valence-electron chi connectivity index (χ3n) is 7.22. The molecule has 1 aromatic carbocycles. The molecule has 0 atom stereocenters. The van der Waals surface area contributed by atoms with E-state index < -0.39 is 23.9 Å². The van der Waals surface area contributed by atoms with Gasteiger partial charge in [0.1, 0.15) is 11.4 Å². The predicted molar refractivity (Wildman–Crippen MR) is 136 cm³/mol. The van der Waals surface area contributed by atoms with Gasteiger partial charge in [-0.3, -0.25) is 4.79 Å². The zero-order valence-corrected chi connectivity index (χ0v) is 22.8. The van der Waals surface area contributed by atoms with Crippen LogP contribution in [0.4, 0.5) is 4.79 Å². The smallest absolute Gasteiger partial charge is 0.494 e. The van der Waals surface area contributed by atoms with Crippen molar-refractivity contribution in [2.45, 2.75) is 90.6 Å². The number of rotatable bonds is 5. The van der Waals surface area contributed by atoms with Crippen molar-refractivity contribution in [2.24, 2.45) is 0 Å². The maximum Gasteiger partial charge on any atom is 0.494 e. The second-order valence-electron chi connectivity index (χ2n) is 11.5. The van der Waals surface area contributed by atoms with Crippen molar-refractivity contribution in [1.82, 2.24) is 9.80 Å². The summed E-state index contributed by atoms with van der Waals surface area (Å²) in [6.07, 6.45) is 1.33. The Morgan fingerprint density at radius 3 is 2.20 bits per heavy atom. The second kappa shape index (κ2) is 10.0. The molecule has 2 amide bonds. The molecule has 1 aromatic rings. The van der Waals surface area contributed by atoms with Gasteiger partial charge in [-0.05, 0) is 72.8 Å². The van der Waals surface area contributed by atoms with Gasteiger partial charge in [-0.15, -0.1) is 0 Å². The van der Waals surface area contributed by atoms with Crippen molar-refractivity contribution in [3.05, 3.63) is 23.8 Å². The van der Waals surface area contributed by atoms with E-state index in [2.05, 4.69) is 0 Å². The number of methoxy groups -OCH3 is 1. The molecule has 2 aliphatic rings. The molecule has 0 N–H and O–H groups in total. The minimum atomic E-state index is -0.532. The molecule has 0 radical (unpaired) electrons. The van der Waals surface area contributed by atoms with Gasteiger partial charge < -0.3 is 28.6 Å². The highest BCUT2D eigenvalue weighted by atomic mass is 16.7. The molecule has 8 nitrogen and oxygen atoms in total. The Labute approximate surface area is 210 Å². The van der Waals surface area contributed by atoms with Crippen LogP contribution < -0.4 is 10.2 Å². The van der Waals surface area contributed by atoms with E-state index in [0.29, 0.717) is 31.7 Å². The van der Waals surface area contributed by atoms with Gasteiger partial charge in [0.25, 0.3) is 0 Å². The van der Waals surface area contributed by atoms with Crippen LogP contribution in [0.3, 0.4) is 0 Å². The first-order valence-electron chi connectivity index (χ1n) is 12.4. The van der Waals surface area contributed by atoms with Gasteiger partial charge in [-0.25, -0.2) is 4.79 Å². The molecule has 35 heavy (non-hydrogen) atoms. The minimum Gasteiger partial charge on any atom is -0.496 e. The summed E-state index contributed by atoms with van der Waals surface area (Å²) in [6, 6.07) is 5.79. The fourth-order valence-corrected chi connectivity index (χ4v) is 4.32. The van der Waals surface area contributed by atoms with E-state index in [9.17, 15) is 9.59 Å². The Balaban J connectivity index is 1.63. The standard InChI is InChI=1S/C26H41BN2O6/c1-24(2,3)33-23(31)28(8)20-12-14-29(15-13-20)22(30)17-18-16-19(10-11-21(18)32-9)27-34-25(4,5)26(6,7)35-27/h10-11,16,20H,12-15,17H2,1-9H3. The van der Waals surface area contributed by atoms with Crippen LogP contribution in [0.25, 0.3) is 0 Å². The van der Waals surface area contributed by atoms with E-state index in [0.717, 1.165) is 11.0 Å². The Morgan fingerprint density at radius 2 is 1.69 bits per heavy atom. The van der Waals surface area contributed by atoms with Gasteiger partial charge in [0.2, 0.25) is 5.91 Å². The molecule has 0 aromatic heterocycles.